The Hall–Kier alpha value is -2.75. The molecule has 1 unspecified atom stereocenters. The first-order chi connectivity index (χ1) is 16.3. The molecule has 1 aliphatic heterocycles. The molecule has 4 heterocycles. The lowest BCUT2D eigenvalue weighted by molar-refractivity contribution is -0.130. The largest absolute Gasteiger partial charge is 0.274 e. The molecule has 2 aliphatic rings. The zero-order valence-electron chi connectivity index (χ0n) is 17.7. The standard InChI is InChI=1S/C24H21N5OS3/c30-22(29-19(21-9-5-13-32-21)14-18(27-29)20-8-4-12-31-20)15-33-24-26-25-23(16-10-11-16)28(24)17-6-2-1-3-7-17/h1-9,12-13,16,19H,10-11,14-15H2. The van der Waals surface area contributed by atoms with Gasteiger partial charge in [0.25, 0.3) is 5.91 Å². The van der Waals surface area contributed by atoms with E-state index in [1.54, 1.807) is 27.7 Å². The van der Waals surface area contributed by atoms with Crippen LogP contribution in [-0.4, -0.2) is 37.1 Å². The Morgan fingerprint density at radius 1 is 1.00 bits per heavy atom. The number of hydrazone groups is 1. The van der Waals surface area contributed by atoms with Crippen LogP contribution in [0.25, 0.3) is 5.69 Å². The van der Waals surface area contributed by atoms with Gasteiger partial charge in [-0.15, -0.1) is 32.9 Å². The number of hydrogen-bond acceptors (Lipinski definition) is 7. The monoisotopic (exact) mass is 491 g/mol. The molecule has 0 spiro atoms. The number of carbonyl (C=O) groups excluding carboxylic acids is 1. The van der Waals surface area contributed by atoms with E-state index in [0.717, 1.165) is 51.4 Å². The van der Waals surface area contributed by atoms with Gasteiger partial charge in [0.2, 0.25) is 0 Å². The number of benzene rings is 1. The van der Waals surface area contributed by atoms with Crippen LogP contribution in [0.1, 0.15) is 46.8 Å². The number of nitrogens with zero attached hydrogens (tertiary/aromatic N) is 5. The highest BCUT2D eigenvalue weighted by Crippen LogP contribution is 2.41. The van der Waals surface area contributed by atoms with E-state index in [1.165, 1.54) is 11.8 Å². The van der Waals surface area contributed by atoms with Gasteiger partial charge in [0.15, 0.2) is 5.16 Å². The minimum absolute atomic E-state index is 0.0134. The van der Waals surface area contributed by atoms with Crippen molar-refractivity contribution in [3.8, 4) is 5.69 Å². The number of aromatic nitrogens is 3. The molecule has 0 bridgehead atoms. The smallest absolute Gasteiger partial charge is 0.253 e. The number of rotatable bonds is 7. The molecule has 0 saturated heterocycles. The molecular weight excluding hydrogens is 470 g/mol. The van der Waals surface area contributed by atoms with Crippen molar-refractivity contribution < 1.29 is 4.79 Å². The Bertz CT molecular complexity index is 1280. The van der Waals surface area contributed by atoms with Gasteiger partial charge < -0.3 is 0 Å². The summed E-state index contributed by atoms with van der Waals surface area (Å²) in [6.07, 6.45) is 3.03. The van der Waals surface area contributed by atoms with Crippen LogP contribution in [-0.2, 0) is 4.79 Å². The Morgan fingerprint density at radius 3 is 2.55 bits per heavy atom. The van der Waals surface area contributed by atoms with Crippen molar-refractivity contribution in [2.45, 2.75) is 36.4 Å². The second-order valence-electron chi connectivity index (χ2n) is 8.07. The van der Waals surface area contributed by atoms with Crippen molar-refractivity contribution in [2.75, 3.05) is 5.75 Å². The topological polar surface area (TPSA) is 63.4 Å². The summed E-state index contributed by atoms with van der Waals surface area (Å²) in [7, 11) is 0. The highest BCUT2D eigenvalue weighted by atomic mass is 32.2. The van der Waals surface area contributed by atoms with Crippen LogP contribution in [0.3, 0.4) is 0 Å². The molecule has 6 rings (SSSR count). The summed E-state index contributed by atoms with van der Waals surface area (Å²) in [6.45, 7) is 0. The fourth-order valence-corrected chi connectivity index (χ4v) is 6.37. The Morgan fingerprint density at radius 2 is 1.82 bits per heavy atom. The number of thioether (sulfide) groups is 1. The maximum atomic E-state index is 13.4. The van der Waals surface area contributed by atoms with Crippen LogP contribution < -0.4 is 0 Å². The van der Waals surface area contributed by atoms with Gasteiger partial charge in [-0.05, 0) is 47.9 Å². The van der Waals surface area contributed by atoms with E-state index in [4.69, 9.17) is 5.10 Å². The predicted octanol–water partition coefficient (Wildman–Crippen LogP) is 5.74. The van der Waals surface area contributed by atoms with Crippen LogP contribution in [0.5, 0.6) is 0 Å². The molecule has 166 valence electrons. The quantitative estimate of drug-likeness (QED) is 0.309. The van der Waals surface area contributed by atoms with E-state index < -0.39 is 0 Å². The van der Waals surface area contributed by atoms with E-state index in [0.29, 0.717) is 5.92 Å². The third-order valence-electron chi connectivity index (χ3n) is 5.78. The third-order valence-corrected chi connectivity index (χ3v) is 8.59. The minimum atomic E-state index is -0.0516. The zero-order valence-corrected chi connectivity index (χ0v) is 20.2. The summed E-state index contributed by atoms with van der Waals surface area (Å²) in [6, 6.07) is 18.3. The van der Waals surface area contributed by atoms with Gasteiger partial charge in [-0.25, -0.2) is 5.01 Å². The summed E-state index contributed by atoms with van der Waals surface area (Å²) >= 11 is 4.77. The van der Waals surface area contributed by atoms with Crippen molar-refractivity contribution >= 4 is 46.1 Å². The molecule has 6 nitrogen and oxygen atoms in total. The first-order valence-electron chi connectivity index (χ1n) is 10.9. The molecule has 1 aromatic carbocycles. The summed E-state index contributed by atoms with van der Waals surface area (Å²) in [5.41, 5.74) is 2.01. The fourth-order valence-electron chi connectivity index (χ4n) is 4.03. The molecular formula is C24H21N5OS3. The molecule has 1 fully saturated rings. The van der Waals surface area contributed by atoms with Crippen LogP contribution in [0.4, 0.5) is 0 Å². The zero-order chi connectivity index (χ0) is 22.2. The molecule has 1 aliphatic carbocycles. The molecule has 1 saturated carbocycles. The van der Waals surface area contributed by atoms with Gasteiger partial charge in [0, 0.05) is 22.9 Å². The lowest BCUT2D eigenvalue weighted by Crippen LogP contribution is -2.28. The number of para-hydroxylation sites is 1. The fraction of sp³-hybridized carbons (Fsp3) is 0.250. The molecule has 33 heavy (non-hydrogen) atoms. The first kappa shape index (κ1) is 20.8. The lowest BCUT2D eigenvalue weighted by Gasteiger charge is -2.20. The lowest BCUT2D eigenvalue weighted by atomic mass is 10.1. The highest BCUT2D eigenvalue weighted by Gasteiger charge is 2.35. The summed E-state index contributed by atoms with van der Waals surface area (Å²) in [5, 5.41) is 20.2. The van der Waals surface area contributed by atoms with E-state index >= 15 is 0 Å². The average molecular weight is 492 g/mol. The number of amides is 1. The SMILES string of the molecule is O=C(CSc1nnc(C2CC2)n1-c1ccccc1)N1N=C(c2cccs2)CC1c1cccs1. The van der Waals surface area contributed by atoms with Crippen molar-refractivity contribution in [1.82, 2.24) is 19.8 Å². The Labute approximate surface area is 204 Å². The van der Waals surface area contributed by atoms with Gasteiger partial charge in [-0.3, -0.25) is 9.36 Å². The van der Waals surface area contributed by atoms with E-state index in [9.17, 15) is 4.79 Å². The normalized spacial score (nSPS) is 18.0. The van der Waals surface area contributed by atoms with Gasteiger partial charge in [-0.2, -0.15) is 5.10 Å². The Kier molecular flexibility index (Phi) is 5.61. The third kappa shape index (κ3) is 4.16. The first-order valence-corrected chi connectivity index (χ1v) is 13.6. The highest BCUT2D eigenvalue weighted by molar-refractivity contribution is 7.99. The molecule has 0 radical (unpaired) electrons. The molecule has 9 heteroatoms. The van der Waals surface area contributed by atoms with E-state index in [-0.39, 0.29) is 17.7 Å². The maximum Gasteiger partial charge on any atom is 0.253 e. The van der Waals surface area contributed by atoms with Gasteiger partial charge in [-0.1, -0.05) is 42.1 Å². The number of carbonyl (C=O) groups is 1. The second-order valence-corrected chi connectivity index (χ2v) is 10.9. The second kappa shape index (κ2) is 8.89. The van der Waals surface area contributed by atoms with Crippen LogP contribution in [0, 0.1) is 0 Å². The summed E-state index contributed by atoms with van der Waals surface area (Å²) in [5.74, 6) is 1.70. The van der Waals surface area contributed by atoms with Crippen LogP contribution in [0.2, 0.25) is 0 Å². The minimum Gasteiger partial charge on any atom is -0.274 e. The van der Waals surface area contributed by atoms with Gasteiger partial charge >= 0.3 is 0 Å². The van der Waals surface area contributed by atoms with Crippen molar-refractivity contribution in [1.29, 1.82) is 0 Å². The molecule has 0 N–H and O–H groups in total. The van der Waals surface area contributed by atoms with Gasteiger partial charge in [0.1, 0.15) is 5.82 Å². The van der Waals surface area contributed by atoms with Gasteiger partial charge in [0.05, 0.1) is 22.4 Å². The predicted molar refractivity (Wildman–Crippen MR) is 133 cm³/mol. The molecule has 4 aromatic rings. The summed E-state index contributed by atoms with van der Waals surface area (Å²) in [4.78, 5) is 15.7. The number of hydrogen-bond donors (Lipinski definition) is 0. The summed E-state index contributed by atoms with van der Waals surface area (Å²) < 4.78 is 2.11. The average Bonchev–Trinajstić information content (AvgIpc) is 3.34. The molecule has 3 aromatic heterocycles. The molecule has 1 amide bonds. The maximum absolute atomic E-state index is 13.4. The van der Waals surface area contributed by atoms with Crippen LogP contribution in [0.15, 0.2) is 75.6 Å². The van der Waals surface area contributed by atoms with E-state index in [2.05, 4.69) is 44.4 Å². The Balaban J connectivity index is 1.25. The van der Waals surface area contributed by atoms with Crippen LogP contribution >= 0.6 is 34.4 Å². The van der Waals surface area contributed by atoms with Crippen molar-refractivity contribution in [2.24, 2.45) is 5.10 Å². The number of thiophene rings is 2. The molecule has 1 atom stereocenters. The van der Waals surface area contributed by atoms with Crippen molar-refractivity contribution in [3.05, 3.63) is 80.9 Å². The van der Waals surface area contributed by atoms with E-state index in [1.807, 2.05) is 35.7 Å². The van der Waals surface area contributed by atoms with Crippen molar-refractivity contribution in [3.63, 3.8) is 0 Å².